The minimum atomic E-state index is -4.98. The van der Waals surface area contributed by atoms with Gasteiger partial charge >= 0.3 is 18.2 Å². The number of hydrogen-bond donors (Lipinski definition) is 2. The summed E-state index contributed by atoms with van der Waals surface area (Å²) in [5, 5.41) is 5.65. The lowest BCUT2D eigenvalue weighted by atomic mass is 10.0. The van der Waals surface area contributed by atoms with Gasteiger partial charge in [0.1, 0.15) is 35.4 Å². The molecule has 274 valence electrons. The van der Waals surface area contributed by atoms with E-state index in [4.69, 9.17) is 9.47 Å². The fraction of sp³-hybridized carbons (Fsp3) is 0.500. The van der Waals surface area contributed by atoms with Crippen LogP contribution < -0.4 is 10.6 Å². The first-order chi connectivity index (χ1) is 24.3. The predicted octanol–water partition coefficient (Wildman–Crippen LogP) is 5.84. The first kappa shape index (κ1) is 36.1. The highest BCUT2D eigenvalue weighted by molar-refractivity contribution is 5.96. The highest BCUT2D eigenvalue weighted by Gasteiger charge is 2.62. The minimum absolute atomic E-state index is 0.0271. The smallest absolute Gasteiger partial charge is 0.419 e. The summed E-state index contributed by atoms with van der Waals surface area (Å²) in [7, 11) is 0. The van der Waals surface area contributed by atoms with Gasteiger partial charge in [0.05, 0.1) is 25.3 Å². The van der Waals surface area contributed by atoms with Crippen molar-refractivity contribution < 1.29 is 50.6 Å². The molecule has 15 heteroatoms. The van der Waals surface area contributed by atoms with Crippen LogP contribution in [0.15, 0.2) is 48.6 Å². The van der Waals surface area contributed by atoms with Crippen LogP contribution in [0.25, 0.3) is 0 Å². The summed E-state index contributed by atoms with van der Waals surface area (Å²) in [6.45, 7) is 1.57. The van der Waals surface area contributed by atoms with E-state index in [1.54, 1.807) is 19.1 Å². The van der Waals surface area contributed by atoms with Crippen LogP contribution in [0.3, 0.4) is 0 Å². The van der Waals surface area contributed by atoms with Crippen LogP contribution in [0.2, 0.25) is 0 Å². The second kappa shape index (κ2) is 14.5. The molecule has 1 aliphatic carbocycles. The number of nitrogens with one attached hydrogen (secondary N) is 2. The summed E-state index contributed by atoms with van der Waals surface area (Å²) in [6.07, 6.45) is -0.0694. The van der Waals surface area contributed by atoms with Crippen LogP contribution >= 0.6 is 0 Å². The van der Waals surface area contributed by atoms with E-state index in [-0.39, 0.29) is 57.1 Å². The molecular weight excluding hydrogens is 679 g/mol. The Morgan fingerprint density at radius 3 is 2.61 bits per heavy atom. The highest BCUT2D eigenvalue weighted by Crippen LogP contribution is 2.46. The molecule has 4 aliphatic rings. The van der Waals surface area contributed by atoms with E-state index in [2.05, 4.69) is 10.6 Å². The van der Waals surface area contributed by atoms with Gasteiger partial charge in [-0.05, 0) is 62.4 Å². The van der Waals surface area contributed by atoms with Crippen LogP contribution in [-0.4, -0.2) is 70.6 Å². The molecule has 3 amide bonds. The summed E-state index contributed by atoms with van der Waals surface area (Å²) < 4.78 is 80.2. The molecule has 0 radical (unpaired) electrons. The third-order valence-electron chi connectivity index (χ3n) is 9.94. The Labute approximate surface area is 291 Å². The molecule has 2 fully saturated rings. The van der Waals surface area contributed by atoms with Gasteiger partial charge in [0.15, 0.2) is 0 Å². The molecule has 3 aliphatic heterocycles. The number of esters is 1. The van der Waals surface area contributed by atoms with Gasteiger partial charge in [-0.3, -0.25) is 14.5 Å². The molecule has 5 atom stereocenters. The normalized spacial score (nSPS) is 27.3. The molecule has 6 rings (SSSR count). The fourth-order valence-electron chi connectivity index (χ4n) is 7.15. The highest BCUT2D eigenvalue weighted by atomic mass is 19.4. The second-order valence-corrected chi connectivity index (χ2v) is 13.4. The average molecular weight is 719 g/mol. The second-order valence-electron chi connectivity index (χ2n) is 13.4. The van der Waals surface area contributed by atoms with Crippen molar-refractivity contribution in [1.29, 1.82) is 0 Å². The first-order valence-corrected chi connectivity index (χ1v) is 17.1. The monoisotopic (exact) mass is 718 g/mol. The minimum Gasteiger partial charge on any atom is -0.464 e. The molecule has 0 spiro atoms. The van der Waals surface area contributed by atoms with Crippen LogP contribution in [0.1, 0.15) is 68.6 Å². The van der Waals surface area contributed by atoms with Crippen molar-refractivity contribution in [3.8, 4) is 0 Å². The first-order valence-electron chi connectivity index (χ1n) is 17.1. The molecule has 10 nitrogen and oxygen atoms in total. The molecule has 2 aromatic rings. The van der Waals surface area contributed by atoms with Crippen molar-refractivity contribution in [1.82, 2.24) is 15.1 Å². The van der Waals surface area contributed by atoms with Gasteiger partial charge in [-0.15, -0.1) is 0 Å². The van der Waals surface area contributed by atoms with Crippen LogP contribution in [0, 0.1) is 17.6 Å². The maximum absolute atomic E-state index is 14.4. The lowest BCUT2D eigenvalue weighted by Crippen LogP contribution is -2.55. The summed E-state index contributed by atoms with van der Waals surface area (Å²) >= 11 is 0. The van der Waals surface area contributed by atoms with Gasteiger partial charge < -0.3 is 25.0 Å². The van der Waals surface area contributed by atoms with E-state index in [0.29, 0.717) is 42.5 Å². The third-order valence-corrected chi connectivity index (χ3v) is 9.94. The molecular formula is C36H39F5N4O6. The SMILES string of the molecule is CCOC(=O)[C@@]12C[C@@H]1/C=C\CCCCC[C@H](Nc1ccc(F)c(C(F)(F)F)c1)C(=O)N1C[C@H](OC(=O)N3Cc4cccc(F)c4C3)C[C@H]1C(=O)N2. The summed E-state index contributed by atoms with van der Waals surface area (Å²) in [6, 6.07) is 4.53. The number of amides is 3. The zero-order chi connectivity index (χ0) is 36.5. The third kappa shape index (κ3) is 7.66. The summed E-state index contributed by atoms with van der Waals surface area (Å²) in [4.78, 5) is 57.3. The molecule has 51 heavy (non-hydrogen) atoms. The summed E-state index contributed by atoms with van der Waals surface area (Å²) in [5.74, 6) is -4.20. The van der Waals surface area contributed by atoms with Crippen molar-refractivity contribution in [2.24, 2.45) is 5.92 Å². The predicted molar refractivity (Wildman–Crippen MR) is 173 cm³/mol. The summed E-state index contributed by atoms with van der Waals surface area (Å²) in [5.41, 5.74) is -2.00. The zero-order valence-electron chi connectivity index (χ0n) is 27.9. The largest absolute Gasteiger partial charge is 0.464 e. The maximum Gasteiger partial charge on any atom is 0.419 e. The van der Waals surface area contributed by atoms with Crippen molar-refractivity contribution in [2.45, 2.75) is 94.9 Å². The Balaban J connectivity index is 1.27. The van der Waals surface area contributed by atoms with E-state index in [1.165, 1.54) is 15.9 Å². The number of alkyl halides is 3. The Morgan fingerprint density at radius 2 is 1.86 bits per heavy atom. The van der Waals surface area contributed by atoms with Gasteiger partial charge in [-0.1, -0.05) is 37.1 Å². The Morgan fingerprint density at radius 1 is 1.06 bits per heavy atom. The van der Waals surface area contributed by atoms with Crippen LogP contribution in [0.5, 0.6) is 0 Å². The lowest BCUT2D eigenvalue weighted by molar-refractivity contribution is -0.150. The number of carbonyl (C=O) groups excluding carboxylic acids is 4. The number of anilines is 1. The number of allylic oxidation sites excluding steroid dienone is 1. The molecule has 2 N–H and O–H groups in total. The quantitative estimate of drug-likeness (QED) is 0.227. The number of benzene rings is 2. The fourth-order valence-corrected chi connectivity index (χ4v) is 7.15. The number of carbonyl (C=O) groups is 4. The molecule has 0 aromatic heterocycles. The Bertz CT molecular complexity index is 1720. The van der Waals surface area contributed by atoms with Gasteiger partial charge in [0.25, 0.3) is 0 Å². The Kier molecular flexibility index (Phi) is 10.3. The number of rotatable bonds is 5. The van der Waals surface area contributed by atoms with E-state index in [9.17, 15) is 41.1 Å². The van der Waals surface area contributed by atoms with E-state index in [1.807, 2.05) is 12.2 Å². The number of fused-ring (bicyclic) bond motifs is 3. The topological polar surface area (TPSA) is 117 Å². The lowest BCUT2D eigenvalue weighted by Gasteiger charge is -2.30. The van der Waals surface area contributed by atoms with Crippen LogP contribution in [-0.2, 0) is 43.1 Å². The molecule has 1 saturated carbocycles. The number of ether oxygens (including phenoxy) is 2. The molecule has 2 aromatic carbocycles. The van der Waals surface area contributed by atoms with Crippen LogP contribution in [0.4, 0.5) is 32.4 Å². The standard InChI is InChI=1S/C36H39F5N4O6/c1-2-50-33(48)35-17-22(35)10-6-4-3-5-7-12-29(42-23-13-14-28(38)26(15-23)36(39,40)41)32(47)45-19-24(16-30(45)31(46)43-35)51-34(49)44-18-21-9-8-11-27(37)25(21)20-44/h6,8-11,13-15,22,24,29-30,42H,2-5,7,12,16-20H2,1H3,(H,43,46)/b10-6-/t22-,24+,29-,30-,35+/m0/s1. The number of halogens is 5. The van der Waals surface area contributed by atoms with E-state index < -0.39 is 71.0 Å². The van der Waals surface area contributed by atoms with Gasteiger partial charge in [0, 0.05) is 30.1 Å². The van der Waals surface area contributed by atoms with E-state index in [0.717, 1.165) is 12.5 Å². The van der Waals surface area contributed by atoms with E-state index >= 15 is 0 Å². The molecule has 0 unspecified atom stereocenters. The van der Waals surface area contributed by atoms with Gasteiger partial charge in [-0.25, -0.2) is 18.4 Å². The van der Waals surface area contributed by atoms with Gasteiger partial charge in [-0.2, -0.15) is 13.2 Å². The molecule has 3 heterocycles. The molecule has 0 bridgehead atoms. The number of nitrogens with zero attached hydrogens (tertiary/aromatic N) is 2. The zero-order valence-corrected chi connectivity index (χ0v) is 27.9. The number of hydrogen-bond acceptors (Lipinski definition) is 7. The van der Waals surface area contributed by atoms with Crippen molar-refractivity contribution in [2.75, 3.05) is 18.5 Å². The Hall–Kier alpha value is -4.69. The average Bonchev–Trinajstić information content (AvgIpc) is 3.38. The molecule has 1 saturated heterocycles. The van der Waals surface area contributed by atoms with Crippen molar-refractivity contribution in [3.63, 3.8) is 0 Å². The maximum atomic E-state index is 14.4. The van der Waals surface area contributed by atoms with Crippen molar-refractivity contribution >= 4 is 29.6 Å². The van der Waals surface area contributed by atoms with Gasteiger partial charge in [0.2, 0.25) is 11.8 Å². The van der Waals surface area contributed by atoms with Crippen molar-refractivity contribution in [3.05, 3.63) is 76.9 Å².